The van der Waals surface area contributed by atoms with Crippen molar-refractivity contribution in [3.8, 4) is 0 Å². The van der Waals surface area contributed by atoms with Gasteiger partial charge in [0.15, 0.2) is 0 Å². The maximum atomic E-state index is 12.6. The molecule has 1 heterocycles. The van der Waals surface area contributed by atoms with E-state index in [2.05, 4.69) is 4.98 Å². The third-order valence-corrected chi connectivity index (χ3v) is 2.20. The van der Waals surface area contributed by atoms with E-state index < -0.39 is 11.6 Å². The van der Waals surface area contributed by atoms with E-state index in [4.69, 9.17) is 0 Å². The van der Waals surface area contributed by atoms with Crippen molar-refractivity contribution in [3.05, 3.63) is 46.3 Å². The Labute approximate surface area is 84.5 Å². The number of rotatable bonds is 2. The second kappa shape index (κ2) is 3.61. The third kappa shape index (κ3) is 1.52. The van der Waals surface area contributed by atoms with Crippen LogP contribution in [-0.2, 0) is 6.67 Å². The van der Waals surface area contributed by atoms with Gasteiger partial charge >= 0.3 is 0 Å². The first kappa shape index (κ1) is 9.51. The highest BCUT2D eigenvalue weighted by atomic mass is 19.1. The fourth-order valence-corrected chi connectivity index (χ4v) is 1.52. The molecule has 0 aliphatic rings. The third-order valence-electron chi connectivity index (χ3n) is 2.20. The molecule has 2 rings (SSSR count). The standard InChI is InChI=1S/C10H7FN2O2/c11-5-7-1-2-8-6-12-4-3-9(8)10(7)13(14)15/h1-4,6H,5H2. The number of hydrogen-bond acceptors (Lipinski definition) is 3. The molecule has 0 spiro atoms. The summed E-state index contributed by atoms with van der Waals surface area (Å²) in [5.41, 5.74) is -0.0731. The molecule has 0 aliphatic heterocycles. The first-order valence-electron chi connectivity index (χ1n) is 4.30. The van der Waals surface area contributed by atoms with Crippen LogP contribution in [0, 0.1) is 10.1 Å². The van der Waals surface area contributed by atoms with E-state index in [-0.39, 0.29) is 11.3 Å². The highest BCUT2D eigenvalue weighted by molar-refractivity contribution is 5.91. The molecule has 4 nitrogen and oxygen atoms in total. The summed E-state index contributed by atoms with van der Waals surface area (Å²) < 4.78 is 12.6. The zero-order chi connectivity index (χ0) is 10.8. The number of nitrogens with zero attached hydrogens (tertiary/aromatic N) is 2. The second-order valence-corrected chi connectivity index (χ2v) is 3.06. The summed E-state index contributed by atoms with van der Waals surface area (Å²) in [6.07, 6.45) is 2.97. The normalized spacial score (nSPS) is 10.5. The van der Waals surface area contributed by atoms with Gasteiger partial charge in [-0.05, 0) is 12.1 Å². The van der Waals surface area contributed by atoms with Gasteiger partial charge in [-0.1, -0.05) is 6.07 Å². The Morgan fingerprint density at radius 1 is 1.40 bits per heavy atom. The van der Waals surface area contributed by atoms with Gasteiger partial charge in [-0.3, -0.25) is 15.1 Å². The first-order valence-corrected chi connectivity index (χ1v) is 4.30. The molecule has 0 aliphatic carbocycles. The molecule has 2 aromatic rings. The van der Waals surface area contributed by atoms with Gasteiger partial charge in [0, 0.05) is 17.8 Å². The van der Waals surface area contributed by atoms with Crippen molar-refractivity contribution < 1.29 is 9.31 Å². The monoisotopic (exact) mass is 206 g/mol. The van der Waals surface area contributed by atoms with Crippen LogP contribution < -0.4 is 0 Å². The second-order valence-electron chi connectivity index (χ2n) is 3.06. The van der Waals surface area contributed by atoms with Crippen LogP contribution in [0.3, 0.4) is 0 Å². The molecular formula is C10H7FN2O2. The van der Waals surface area contributed by atoms with Crippen LogP contribution in [0.5, 0.6) is 0 Å². The van der Waals surface area contributed by atoms with Gasteiger partial charge in [0.1, 0.15) is 6.67 Å². The predicted molar refractivity (Wildman–Crippen MR) is 53.2 cm³/mol. The van der Waals surface area contributed by atoms with Crippen LogP contribution in [-0.4, -0.2) is 9.91 Å². The maximum absolute atomic E-state index is 12.6. The molecule has 0 saturated carbocycles. The lowest BCUT2D eigenvalue weighted by molar-refractivity contribution is -0.383. The molecule has 1 aromatic heterocycles. The average Bonchev–Trinajstić information content (AvgIpc) is 2.27. The fraction of sp³-hybridized carbons (Fsp3) is 0.100. The maximum Gasteiger partial charge on any atom is 0.283 e. The van der Waals surface area contributed by atoms with Crippen LogP contribution in [0.1, 0.15) is 5.56 Å². The van der Waals surface area contributed by atoms with Crippen LogP contribution in [0.15, 0.2) is 30.6 Å². The number of aromatic nitrogens is 1. The lowest BCUT2D eigenvalue weighted by Gasteiger charge is -2.02. The minimum Gasteiger partial charge on any atom is -0.264 e. The van der Waals surface area contributed by atoms with Gasteiger partial charge in [0.05, 0.1) is 15.9 Å². The Hall–Kier alpha value is -2.04. The van der Waals surface area contributed by atoms with Crippen molar-refractivity contribution in [3.63, 3.8) is 0 Å². The zero-order valence-corrected chi connectivity index (χ0v) is 7.68. The van der Waals surface area contributed by atoms with Gasteiger partial charge in [-0.25, -0.2) is 4.39 Å². The summed E-state index contributed by atoms with van der Waals surface area (Å²) >= 11 is 0. The van der Waals surface area contributed by atoms with Crippen LogP contribution in [0.4, 0.5) is 10.1 Å². The minimum atomic E-state index is -0.839. The van der Waals surface area contributed by atoms with Gasteiger partial charge in [0.2, 0.25) is 0 Å². The molecule has 0 N–H and O–H groups in total. The molecular weight excluding hydrogens is 199 g/mol. The van der Waals surface area contributed by atoms with Crippen molar-refractivity contribution in [2.45, 2.75) is 6.67 Å². The Morgan fingerprint density at radius 3 is 2.87 bits per heavy atom. The number of halogens is 1. The molecule has 0 amide bonds. The van der Waals surface area contributed by atoms with E-state index >= 15 is 0 Å². The summed E-state index contributed by atoms with van der Waals surface area (Å²) in [6.45, 7) is -0.839. The van der Waals surface area contributed by atoms with Crippen molar-refractivity contribution in [2.24, 2.45) is 0 Å². The topological polar surface area (TPSA) is 56.0 Å². The zero-order valence-electron chi connectivity index (χ0n) is 7.68. The molecule has 0 saturated heterocycles. The molecule has 5 heteroatoms. The van der Waals surface area contributed by atoms with Gasteiger partial charge in [-0.15, -0.1) is 0 Å². The van der Waals surface area contributed by atoms with E-state index in [1.165, 1.54) is 24.5 Å². The Balaban J connectivity index is 2.85. The molecule has 0 unspecified atom stereocenters. The van der Waals surface area contributed by atoms with Crippen LogP contribution >= 0.6 is 0 Å². The van der Waals surface area contributed by atoms with Crippen LogP contribution in [0.2, 0.25) is 0 Å². The number of pyridine rings is 1. The molecule has 1 aromatic carbocycles. The van der Waals surface area contributed by atoms with E-state index in [0.717, 1.165) is 0 Å². The highest BCUT2D eigenvalue weighted by Crippen LogP contribution is 2.29. The average molecular weight is 206 g/mol. The summed E-state index contributed by atoms with van der Waals surface area (Å²) in [7, 11) is 0. The van der Waals surface area contributed by atoms with Gasteiger partial charge < -0.3 is 0 Å². The van der Waals surface area contributed by atoms with Crippen molar-refractivity contribution in [1.82, 2.24) is 4.98 Å². The molecule has 0 bridgehead atoms. The smallest absolute Gasteiger partial charge is 0.264 e. The largest absolute Gasteiger partial charge is 0.283 e. The quantitative estimate of drug-likeness (QED) is 0.560. The minimum absolute atomic E-state index is 0.0960. The number of alkyl halides is 1. The number of benzene rings is 1. The van der Waals surface area contributed by atoms with Crippen molar-refractivity contribution in [2.75, 3.05) is 0 Å². The van der Waals surface area contributed by atoms with E-state index in [9.17, 15) is 14.5 Å². The first-order chi connectivity index (χ1) is 7.24. The Morgan fingerprint density at radius 2 is 2.20 bits per heavy atom. The Kier molecular flexibility index (Phi) is 2.29. The summed E-state index contributed by atoms with van der Waals surface area (Å²) in [6, 6.07) is 4.57. The lowest BCUT2D eigenvalue weighted by atomic mass is 10.1. The Bertz CT molecular complexity index is 528. The van der Waals surface area contributed by atoms with E-state index in [1.807, 2.05) is 0 Å². The summed E-state index contributed by atoms with van der Waals surface area (Å²) in [5, 5.41) is 11.9. The van der Waals surface area contributed by atoms with Crippen molar-refractivity contribution >= 4 is 16.5 Å². The SMILES string of the molecule is O=[N+]([O-])c1c(CF)ccc2cnccc12. The predicted octanol–water partition coefficient (Wildman–Crippen LogP) is 2.61. The van der Waals surface area contributed by atoms with E-state index in [0.29, 0.717) is 10.8 Å². The molecule has 0 atom stereocenters. The van der Waals surface area contributed by atoms with Gasteiger partial charge in [0.25, 0.3) is 5.69 Å². The molecule has 0 radical (unpaired) electrons. The van der Waals surface area contributed by atoms with Crippen LogP contribution in [0.25, 0.3) is 10.8 Å². The van der Waals surface area contributed by atoms with Gasteiger partial charge in [-0.2, -0.15) is 0 Å². The molecule has 0 fully saturated rings. The summed E-state index contributed by atoms with van der Waals surface area (Å²) in [4.78, 5) is 14.1. The highest BCUT2D eigenvalue weighted by Gasteiger charge is 2.17. The number of nitro groups is 1. The van der Waals surface area contributed by atoms with Crippen molar-refractivity contribution in [1.29, 1.82) is 0 Å². The fourth-order valence-electron chi connectivity index (χ4n) is 1.52. The molecule has 76 valence electrons. The molecule has 15 heavy (non-hydrogen) atoms. The summed E-state index contributed by atoms with van der Waals surface area (Å²) in [5.74, 6) is 0. The lowest BCUT2D eigenvalue weighted by Crippen LogP contribution is -1.95. The number of nitro benzene ring substituents is 1. The van der Waals surface area contributed by atoms with E-state index in [1.54, 1.807) is 6.07 Å². The number of hydrogen-bond donors (Lipinski definition) is 0. The number of fused-ring (bicyclic) bond motifs is 1.